The second-order valence-electron chi connectivity index (χ2n) is 4.60. The number of piperazine rings is 1. The van der Waals surface area contributed by atoms with Crippen LogP contribution in [0.5, 0.6) is 5.75 Å². The Morgan fingerprint density at radius 1 is 1.30 bits per heavy atom. The minimum absolute atomic E-state index is 0.372. The third-order valence-corrected chi connectivity index (χ3v) is 4.79. The van der Waals surface area contributed by atoms with Gasteiger partial charge < -0.3 is 25.0 Å². The van der Waals surface area contributed by atoms with Crippen LogP contribution in [0.15, 0.2) is 0 Å². The van der Waals surface area contributed by atoms with Gasteiger partial charge in [0, 0.05) is 26.2 Å². The van der Waals surface area contributed by atoms with Crippen molar-refractivity contribution in [2.24, 2.45) is 0 Å². The fourth-order valence-corrected chi connectivity index (χ4v) is 3.49. The van der Waals surface area contributed by atoms with Crippen molar-refractivity contribution in [3.63, 3.8) is 0 Å². The van der Waals surface area contributed by atoms with Crippen LogP contribution in [0.4, 0.5) is 10.7 Å². The highest BCUT2D eigenvalue weighted by molar-refractivity contribution is 7.19. The van der Waals surface area contributed by atoms with E-state index in [4.69, 9.17) is 15.2 Å². The summed E-state index contributed by atoms with van der Waals surface area (Å²) in [6.45, 7) is 7.05. The van der Waals surface area contributed by atoms with Crippen molar-refractivity contribution in [2.45, 2.75) is 6.92 Å². The molecule has 6 nitrogen and oxygen atoms in total. The summed E-state index contributed by atoms with van der Waals surface area (Å²) in [5.74, 6) is 0.171. The van der Waals surface area contributed by atoms with Gasteiger partial charge in [0.05, 0.1) is 14.2 Å². The molecule has 2 heterocycles. The fraction of sp³-hybridized carbons (Fsp3) is 0.615. The summed E-state index contributed by atoms with van der Waals surface area (Å²) < 4.78 is 10.1. The van der Waals surface area contributed by atoms with Crippen molar-refractivity contribution in [1.82, 2.24) is 4.90 Å². The molecule has 0 atom stereocenters. The van der Waals surface area contributed by atoms with Gasteiger partial charge in [-0.3, -0.25) is 0 Å². The lowest BCUT2D eigenvalue weighted by atomic mass is 10.3. The highest BCUT2D eigenvalue weighted by Gasteiger charge is 2.27. The van der Waals surface area contributed by atoms with Gasteiger partial charge in [-0.2, -0.15) is 0 Å². The third-order valence-electron chi connectivity index (χ3n) is 3.56. The Morgan fingerprint density at radius 2 is 1.95 bits per heavy atom. The lowest BCUT2D eigenvalue weighted by Gasteiger charge is -2.34. The number of esters is 1. The first-order valence-corrected chi connectivity index (χ1v) is 7.45. The Hall–Kier alpha value is -1.47. The van der Waals surface area contributed by atoms with Gasteiger partial charge >= 0.3 is 5.97 Å². The molecule has 2 rings (SSSR count). The number of anilines is 2. The number of nitrogen functional groups attached to an aromatic ring is 1. The van der Waals surface area contributed by atoms with Crippen LogP contribution in [0.25, 0.3) is 0 Å². The standard InChI is InChI=1S/C13H21N3O3S/c1-4-15-5-7-16(8-6-15)12-10(18-2)9(14)11(20-12)13(17)19-3/h4-8,14H2,1-3H3. The molecule has 0 amide bonds. The smallest absolute Gasteiger partial charge is 0.350 e. The van der Waals surface area contributed by atoms with E-state index in [1.54, 1.807) is 7.11 Å². The van der Waals surface area contributed by atoms with Crippen LogP contribution in [0.1, 0.15) is 16.6 Å². The Morgan fingerprint density at radius 3 is 2.45 bits per heavy atom. The van der Waals surface area contributed by atoms with E-state index in [1.165, 1.54) is 18.4 Å². The SMILES string of the molecule is CCN1CCN(c2sc(C(=O)OC)c(N)c2OC)CC1. The summed E-state index contributed by atoms with van der Waals surface area (Å²) in [7, 11) is 2.93. The number of carbonyl (C=O) groups excluding carboxylic acids is 1. The van der Waals surface area contributed by atoms with Crippen LogP contribution < -0.4 is 15.4 Å². The first kappa shape index (κ1) is 14.9. The van der Waals surface area contributed by atoms with Gasteiger partial charge in [0.2, 0.25) is 0 Å². The fourth-order valence-electron chi connectivity index (χ4n) is 2.33. The minimum Gasteiger partial charge on any atom is -0.492 e. The van der Waals surface area contributed by atoms with Gasteiger partial charge in [0.1, 0.15) is 15.6 Å². The predicted octanol–water partition coefficient (Wildman–Crippen LogP) is 1.27. The monoisotopic (exact) mass is 299 g/mol. The second-order valence-corrected chi connectivity index (χ2v) is 5.60. The Bertz CT molecular complexity index is 481. The summed E-state index contributed by atoms with van der Waals surface area (Å²) >= 11 is 1.34. The van der Waals surface area contributed by atoms with E-state index >= 15 is 0 Å². The quantitative estimate of drug-likeness (QED) is 0.845. The first-order chi connectivity index (χ1) is 9.62. The molecule has 0 aromatic carbocycles. The van der Waals surface area contributed by atoms with Gasteiger partial charge in [-0.1, -0.05) is 6.92 Å². The lowest BCUT2D eigenvalue weighted by Crippen LogP contribution is -2.46. The van der Waals surface area contributed by atoms with E-state index in [0.717, 1.165) is 37.7 Å². The third kappa shape index (κ3) is 2.69. The van der Waals surface area contributed by atoms with Gasteiger partial charge in [0.25, 0.3) is 0 Å². The minimum atomic E-state index is -0.413. The van der Waals surface area contributed by atoms with E-state index in [0.29, 0.717) is 16.3 Å². The maximum atomic E-state index is 11.7. The zero-order valence-electron chi connectivity index (χ0n) is 12.1. The van der Waals surface area contributed by atoms with Gasteiger partial charge in [0.15, 0.2) is 5.75 Å². The predicted molar refractivity (Wildman–Crippen MR) is 80.9 cm³/mol. The highest BCUT2D eigenvalue weighted by atomic mass is 32.1. The summed E-state index contributed by atoms with van der Waals surface area (Å²) in [6, 6.07) is 0. The number of nitrogens with two attached hydrogens (primary N) is 1. The van der Waals surface area contributed by atoms with E-state index in [9.17, 15) is 4.79 Å². The maximum Gasteiger partial charge on any atom is 0.350 e. The molecule has 1 aliphatic rings. The molecular weight excluding hydrogens is 278 g/mol. The van der Waals surface area contributed by atoms with Gasteiger partial charge in [-0.05, 0) is 6.54 Å². The Balaban J connectivity index is 2.25. The molecule has 0 spiro atoms. The molecular formula is C13H21N3O3S. The van der Waals surface area contributed by atoms with Crippen molar-refractivity contribution in [1.29, 1.82) is 0 Å². The second kappa shape index (κ2) is 6.32. The normalized spacial score (nSPS) is 16.2. The molecule has 0 unspecified atom stereocenters. The van der Waals surface area contributed by atoms with Gasteiger partial charge in [-0.15, -0.1) is 11.3 Å². The van der Waals surface area contributed by atoms with Crippen molar-refractivity contribution < 1.29 is 14.3 Å². The lowest BCUT2D eigenvalue weighted by molar-refractivity contribution is 0.0607. The summed E-state index contributed by atoms with van der Waals surface area (Å²) in [4.78, 5) is 16.7. The molecule has 1 fully saturated rings. The van der Waals surface area contributed by atoms with Crippen LogP contribution in [0.3, 0.4) is 0 Å². The average Bonchev–Trinajstić information content (AvgIpc) is 2.83. The number of methoxy groups -OCH3 is 2. The molecule has 1 saturated heterocycles. The van der Waals surface area contributed by atoms with Crippen LogP contribution in [-0.2, 0) is 4.74 Å². The van der Waals surface area contributed by atoms with Crippen molar-refractivity contribution in [3.8, 4) is 5.75 Å². The maximum absolute atomic E-state index is 11.7. The molecule has 20 heavy (non-hydrogen) atoms. The zero-order chi connectivity index (χ0) is 14.7. The van der Waals surface area contributed by atoms with Crippen LogP contribution in [-0.4, -0.2) is 57.8 Å². The van der Waals surface area contributed by atoms with Crippen LogP contribution in [0.2, 0.25) is 0 Å². The summed E-state index contributed by atoms with van der Waals surface area (Å²) in [5.41, 5.74) is 6.37. The zero-order valence-corrected chi connectivity index (χ0v) is 13.0. The van der Waals surface area contributed by atoms with E-state index < -0.39 is 5.97 Å². The summed E-state index contributed by atoms with van der Waals surface area (Å²) in [5, 5.41) is 0.918. The number of hydrogen-bond acceptors (Lipinski definition) is 7. The number of hydrogen-bond donors (Lipinski definition) is 1. The molecule has 112 valence electrons. The van der Waals surface area contributed by atoms with Crippen molar-refractivity contribution in [3.05, 3.63) is 4.88 Å². The van der Waals surface area contributed by atoms with E-state index in [-0.39, 0.29) is 0 Å². The first-order valence-electron chi connectivity index (χ1n) is 6.64. The summed E-state index contributed by atoms with van der Waals surface area (Å²) in [6.07, 6.45) is 0. The largest absolute Gasteiger partial charge is 0.492 e. The molecule has 0 aliphatic carbocycles. The molecule has 1 aromatic heterocycles. The van der Waals surface area contributed by atoms with Crippen molar-refractivity contribution in [2.75, 3.05) is 57.6 Å². The average molecular weight is 299 g/mol. The van der Waals surface area contributed by atoms with Crippen LogP contribution in [0, 0.1) is 0 Å². The number of likely N-dealkylation sites (N-methyl/N-ethyl adjacent to an activating group) is 1. The molecule has 7 heteroatoms. The van der Waals surface area contributed by atoms with Crippen LogP contribution >= 0.6 is 11.3 Å². The highest BCUT2D eigenvalue weighted by Crippen LogP contribution is 2.45. The van der Waals surface area contributed by atoms with Gasteiger partial charge in [-0.25, -0.2) is 4.79 Å². The Labute approximate surface area is 123 Å². The number of carbonyl (C=O) groups is 1. The molecule has 1 aliphatic heterocycles. The number of rotatable bonds is 4. The van der Waals surface area contributed by atoms with Crippen molar-refractivity contribution >= 4 is 28.0 Å². The molecule has 0 bridgehead atoms. The molecule has 2 N–H and O–H groups in total. The molecule has 1 aromatic rings. The molecule has 0 saturated carbocycles. The molecule has 0 radical (unpaired) electrons. The number of thiophene rings is 1. The topological polar surface area (TPSA) is 68.0 Å². The van der Waals surface area contributed by atoms with E-state index in [2.05, 4.69) is 16.7 Å². The Kier molecular flexibility index (Phi) is 4.72. The number of ether oxygens (including phenoxy) is 2. The number of nitrogens with zero attached hydrogens (tertiary/aromatic N) is 2. The van der Waals surface area contributed by atoms with E-state index in [1.807, 2.05) is 0 Å².